The highest BCUT2D eigenvalue weighted by Crippen LogP contribution is 2.21. The topological polar surface area (TPSA) is 44.1 Å². The molecule has 24 heavy (non-hydrogen) atoms. The van der Waals surface area contributed by atoms with Gasteiger partial charge in [0.15, 0.2) is 0 Å². The molecule has 0 saturated heterocycles. The first-order valence-electron chi connectivity index (χ1n) is 7.71. The Morgan fingerprint density at radius 1 is 1.21 bits per heavy atom. The number of hydrogen-bond donors (Lipinski definition) is 0. The first-order chi connectivity index (χ1) is 11.7. The van der Waals surface area contributed by atoms with E-state index in [1.807, 2.05) is 47.0 Å². The average molecular weight is 341 g/mol. The van der Waals surface area contributed by atoms with Crippen LogP contribution in [0.3, 0.4) is 0 Å². The van der Waals surface area contributed by atoms with Crippen molar-refractivity contribution in [1.82, 2.24) is 9.55 Å². The van der Waals surface area contributed by atoms with Crippen LogP contribution >= 0.6 is 11.6 Å². The molecule has 0 radical (unpaired) electrons. The summed E-state index contributed by atoms with van der Waals surface area (Å²) in [6.45, 7) is 2.48. The molecule has 0 aliphatic heterocycles. The van der Waals surface area contributed by atoms with Crippen LogP contribution < -0.4 is 0 Å². The van der Waals surface area contributed by atoms with Gasteiger partial charge < -0.3 is 9.30 Å². The zero-order valence-electron chi connectivity index (χ0n) is 13.3. The summed E-state index contributed by atoms with van der Waals surface area (Å²) in [6, 6.07) is 15.2. The van der Waals surface area contributed by atoms with Crippen LogP contribution in [-0.4, -0.2) is 22.1 Å². The molecule has 122 valence electrons. The minimum Gasteiger partial charge on any atom is -0.463 e. The Bertz CT molecular complexity index is 899. The Kier molecular flexibility index (Phi) is 4.96. The standard InChI is InChI=1S/C19H17ClN2O2/c1-2-24-19(23)15(11-14-7-3-4-8-16(14)20)12-22-13-21-17-9-5-6-10-18(17)22/h3-11,13H,2,12H2,1H3/b15-11+. The summed E-state index contributed by atoms with van der Waals surface area (Å²) < 4.78 is 7.12. The van der Waals surface area contributed by atoms with E-state index < -0.39 is 0 Å². The fraction of sp³-hybridized carbons (Fsp3) is 0.158. The van der Waals surface area contributed by atoms with E-state index in [4.69, 9.17) is 16.3 Å². The number of benzene rings is 2. The van der Waals surface area contributed by atoms with Crippen molar-refractivity contribution in [3.8, 4) is 0 Å². The highest BCUT2D eigenvalue weighted by molar-refractivity contribution is 6.32. The smallest absolute Gasteiger partial charge is 0.335 e. The molecule has 0 amide bonds. The molecule has 1 heterocycles. The summed E-state index contributed by atoms with van der Waals surface area (Å²) in [5, 5.41) is 0.592. The number of ether oxygens (including phenoxy) is 1. The molecule has 0 saturated carbocycles. The van der Waals surface area contributed by atoms with E-state index in [9.17, 15) is 4.79 Å². The van der Waals surface area contributed by atoms with E-state index >= 15 is 0 Å². The summed E-state index contributed by atoms with van der Waals surface area (Å²) in [6.07, 6.45) is 3.50. The fourth-order valence-electron chi connectivity index (χ4n) is 2.49. The second kappa shape index (κ2) is 7.32. The first-order valence-corrected chi connectivity index (χ1v) is 8.09. The van der Waals surface area contributed by atoms with Gasteiger partial charge in [0, 0.05) is 5.02 Å². The second-order valence-corrected chi connectivity index (χ2v) is 5.68. The Balaban J connectivity index is 1.99. The molecule has 0 fully saturated rings. The molecule has 3 rings (SSSR count). The lowest BCUT2D eigenvalue weighted by atomic mass is 10.1. The van der Waals surface area contributed by atoms with Crippen LogP contribution in [0, 0.1) is 0 Å². The van der Waals surface area contributed by atoms with Crippen LogP contribution in [0.15, 0.2) is 60.4 Å². The third-order valence-corrected chi connectivity index (χ3v) is 3.98. The largest absolute Gasteiger partial charge is 0.463 e. The van der Waals surface area contributed by atoms with Gasteiger partial charge in [-0.3, -0.25) is 0 Å². The van der Waals surface area contributed by atoms with E-state index in [0.29, 0.717) is 23.7 Å². The molecule has 4 nitrogen and oxygen atoms in total. The number of aromatic nitrogens is 2. The van der Waals surface area contributed by atoms with Crippen molar-refractivity contribution >= 4 is 34.7 Å². The van der Waals surface area contributed by atoms with Gasteiger partial charge in [0.1, 0.15) is 0 Å². The molecule has 0 N–H and O–H groups in total. The predicted molar refractivity (Wildman–Crippen MR) is 95.8 cm³/mol. The molecule has 0 aliphatic carbocycles. The maximum atomic E-state index is 12.4. The minimum absolute atomic E-state index is 0.323. The molecular formula is C19H17ClN2O2. The molecule has 5 heteroatoms. The first kappa shape index (κ1) is 16.3. The maximum absolute atomic E-state index is 12.4. The van der Waals surface area contributed by atoms with Gasteiger partial charge in [-0.2, -0.15) is 0 Å². The number of para-hydroxylation sites is 2. The molecule has 1 aromatic heterocycles. The number of rotatable bonds is 5. The average Bonchev–Trinajstić information content (AvgIpc) is 2.99. The third-order valence-electron chi connectivity index (χ3n) is 3.64. The molecule has 2 aromatic carbocycles. The molecule has 0 atom stereocenters. The summed E-state index contributed by atoms with van der Waals surface area (Å²) in [4.78, 5) is 16.7. The van der Waals surface area contributed by atoms with Crippen LogP contribution in [0.2, 0.25) is 5.02 Å². The van der Waals surface area contributed by atoms with Crippen molar-refractivity contribution in [3.05, 3.63) is 71.0 Å². The molecule has 3 aromatic rings. The molecular weight excluding hydrogens is 324 g/mol. The van der Waals surface area contributed by atoms with Gasteiger partial charge in [0.2, 0.25) is 0 Å². The molecule has 0 unspecified atom stereocenters. The van der Waals surface area contributed by atoms with Gasteiger partial charge in [0.25, 0.3) is 0 Å². The van der Waals surface area contributed by atoms with E-state index in [-0.39, 0.29) is 5.97 Å². The predicted octanol–water partition coefficient (Wildman–Crippen LogP) is 4.34. The van der Waals surface area contributed by atoms with Crippen molar-refractivity contribution in [2.75, 3.05) is 6.61 Å². The number of nitrogens with zero attached hydrogens (tertiary/aromatic N) is 2. The van der Waals surface area contributed by atoms with Crippen molar-refractivity contribution in [3.63, 3.8) is 0 Å². The van der Waals surface area contributed by atoms with Gasteiger partial charge in [-0.05, 0) is 36.8 Å². The highest BCUT2D eigenvalue weighted by atomic mass is 35.5. The van der Waals surface area contributed by atoms with Crippen LogP contribution in [0.25, 0.3) is 17.1 Å². The lowest BCUT2D eigenvalue weighted by Gasteiger charge is -2.10. The normalized spacial score (nSPS) is 11.7. The third kappa shape index (κ3) is 3.49. The SMILES string of the molecule is CCOC(=O)/C(=C/c1ccccc1Cl)Cn1cnc2ccccc21. The number of carbonyl (C=O) groups is 1. The molecule has 0 spiro atoms. The van der Waals surface area contributed by atoms with Crippen molar-refractivity contribution in [2.24, 2.45) is 0 Å². The fourth-order valence-corrected chi connectivity index (χ4v) is 2.68. The number of fused-ring (bicyclic) bond motifs is 1. The molecule has 0 aliphatic rings. The van der Waals surface area contributed by atoms with Gasteiger partial charge in [-0.15, -0.1) is 0 Å². The summed E-state index contributed by atoms with van der Waals surface area (Å²) in [5.74, 6) is -0.352. The lowest BCUT2D eigenvalue weighted by molar-refractivity contribution is -0.138. The zero-order chi connectivity index (χ0) is 16.9. The van der Waals surface area contributed by atoms with E-state index in [1.54, 1.807) is 25.4 Å². The van der Waals surface area contributed by atoms with Gasteiger partial charge >= 0.3 is 5.97 Å². The maximum Gasteiger partial charge on any atom is 0.335 e. The monoisotopic (exact) mass is 340 g/mol. The summed E-state index contributed by atoms with van der Waals surface area (Å²) in [7, 11) is 0. The highest BCUT2D eigenvalue weighted by Gasteiger charge is 2.14. The van der Waals surface area contributed by atoms with Crippen LogP contribution in [-0.2, 0) is 16.1 Å². The summed E-state index contributed by atoms with van der Waals surface area (Å²) >= 11 is 6.21. The summed E-state index contributed by atoms with van der Waals surface area (Å²) in [5.41, 5.74) is 3.16. The number of halogens is 1. The van der Waals surface area contributed by atoms with E-state index in [0.717, 1.165) is 16.6 Å². The zero-order valence-corrected chi connectivity index (χ0v) is 14.0. The van der Waals surface area contributed by atoms with Gasteiger partial charge in [-0.25, -0.2) is 9.78 Å². The Morgan fingerprint density at radius 2 is 1.96 bits per heavy atom. The Labute approximate surface area is 145 Å². The van der Waals surface area contributed by atoms with Crippen molar-refractivity contribution < 1.29 is 9.53 Å². The van der Waals surface area contributed by atoms with Crippen LogP contribution in [0.1, 0.15) is 12.5 Å². The lowest BCUT2D eigenvalue weighted by Crippen LogP contribution is -2.13. The van der Waals surface area contributed by atoms with Crippen LogP contribution in [0.4, 0.5) is 0 Å². The van der Waals surface area contributed by atoms with Gasteiger partial charge in [-0.1, -0.05) is 41.9 Å². The Morgan fingerprint density at radius 3 is 2.75 bits per heavy atom. The quantitative estimate of drug-likeness (QED) is 0.512. The number of carbonyl (C=O) groups excluding carboxylic acids is 1. The van der Waals surface area contributed by atoms with E-state index in [1.165, 1.54) is 0 Å². The van der Waals surface area contributed by atoms with Crippen molar-refractivity contribution in [1.29, 1.82) is 0 Å². The number of esters is 1. The second-order valence-electron chi connectivity index (χ2n) is 5.27. The van der Waals surface area contributed by atoms with E-state index in [2.05, 4.69) is 4.98 Å². The van der Waals surface area contributed by atoms with Crippen LogP contribution in [0.5, 0.6) is 0 Å². The number of hydrogen-bond acceptors (Lipinski definition) is 3. The minimum atomic E-state index is -0.352. The number of imidazole rings is 1. The molecule has 0 bridgehead atoms. The Hall–Kier alpha value is -2.59. The van der Waals surface area contributed by atoms with Gasteiger partial charge in [0.05, 0.1) is 36.1 Å². The van der Waals surface area contributed by atoms with Crippen molar-refractivity contribution in [2.45, 2.75) is 13.5 Å².